The Morgan fingerprint density at radius 1 is 1.16 bits per heavy atom. The summed E-state index contributed by atoms with van der Waals surface area (Å²) in [5.74, 6) is 0.996. The average molecular weight is 505 g/mol. The number of hydrazone groups is 1. The molecular weight excluding hydrogens is 464 g/mol. The van der Waals surface area contributed by atoms with E-state index in [1.54, 1.807) is 6.92 Å². The molecule has 9 heteroatoms. The Morgan fingerprint density at radius 3 is 2.65 bits per heavy atom. The van der Waals surface area contributed by atoms with Crippen molar-refractivity contribution in [2.45, 2.75) is 57.4 Å². The monoisotopic (exact) mass is 504 g/mol. The van der Waals surface area contributed by atoms with Crippen molar-refractivity contribution in [1.82, 2.24) is 15.4 Å². The third kappa shape index (κ3) is 6.28. The van der Waals surface area contributed by atoms with Gasteiger partial charge in [-0.1, -0.05) is 37.5 Å². The van der Waals surface area contributed by atoms with Crippen LogP contribution in [0.3, 0.4) is 0 Å². The second kappa shape index (κ2) is 12.2. The van der Waals surface area contributed by atoms with Gasteiger partial charge in [-0.05, 0) is 42.8 Å². The zero-order chi connectivity index (χ0) is 26.4. The Hall–Kier alpha value is -3.46. The lowest BCUT2D eigenvalue weighted by molar-refractivity contribution is -0.0690. The number of nitrogens with one attached hydrogen (secondary N) is 4. The Morgan fingerprint density at radius 2 is 1.95 bits per heavy atom. The topological polar surface area (TPSA) is 115 Å². The van der Waals surface area contributed by atoms with Crippen LogP contribution in [-0.2, 0) is 4.84 Å². The van der Waals surface area contributed by atoms with Crippen molar-refractivity contribution in [2.24, 2.45) is 5.10 Å². The van der Waals surface area contributed by atoms with Crippen LogP contribution in [0, 0.1) is 16.2 Å². The van der Waals surface area contributed by atoms with Gasteiger partial charge in [0, 0.05) is 75.2 Å². The van der Waals surface area contributed by atoms with Crippen molar-refractivity contribution in [1.29, 1.82) is 16.2 Å². The molecule has 1 unspecified atom stereocenters. The number of rotatable bonds is 5. The van der Waals surface area contributed by atoms with Crippen molar-refractivity contribution in [2.75, 3.05) is 38.1 Å². The average Bonchev–Trinajstić information content (AvgIpc) is 3.36. The summed E-state index contributed by atoms with van der Waals surface area (Å²) in [5.41, 5.74) is 5.60. The summed E-state index contributed by atoms with van der Waals surface area (Å²) in [6.07, 6.45) is 13.4. The summed E-state index contributed by atoms with van der Waals surface area (Å²) in [7, 11) is 2.00. The van der Waals surface area contributed by atoms with Gasteiger partial charge in [0.15, 0.2) is 0 Å². The summed E-state index contributed by atoms with van der Waals surface area (Å²) in [6.45, 7) is 6.94. The molecule has 1 atom stereocenters. The van der Waals surface area contributed by atoms with E-state index in [0.717, 1.165) is 36.3 Å². The molecule has 0 radical (unpaired) electrons. The molecule has 37 heavy (non-hydrogen) atoms. The highest BCUT2D eigenvalue weighted by Crippen LogP contribution is 2.33. The second-order valence-electron chi connectivity index (χ2n) is 10.1. The van der Waals surface area contributed by atoms with E-state index in [9.17, 15) is 5.41 Å². The predicted octanol–water partition coefficient (Wildman–Crippen LogP) is 4.59. The smallest absolute Gasteiger partial charge is 0.203 e. The van der Waals surface area contributed by atoms with Crippen LogP contribution >= 0.6 is 0 Å². The van der Waals surface area contributed by atoms with E-state index in [1.807, 2.05) is 23.3 Å². The first-order chi connectivity index (χ1) is 18.0. The number of nitrogens with zero attached hydrogens (tertiary/aromatic N) is 4. The Labute approximate surface area is 220 Å². The number of anilines is 1. The van der Waals surface area contributed by atoms with Gasteiger partial charge in [-0.15, -0.1) is 5.06 Å². The lowest BCUT2D eigenvalue weighted by atomic mass is 9.93. The molecule has 0 aromatic heterocycles. The van der Waals surface area contributed by atoms with E-state index >= 15 is 0 Å². The summed E-state index contributed by atoms with van der Waals surface area (Å²) in [6, 6.07) is 7.06. The van der Waals surface area contributed by atoms with Gasteiger partial charge in [-0.2, -0.15) is 5.10 Å². The maximum absolute atomic E-state index is 9.31. The first-order valence-corrected chi connectivity index (χ1v) is 13.2. The van der Waals surface area contributed by atoms with Crippen LogP contribution in [0.4, 0.5) is 5.69 Å². The van der Waals surface area contributed by atoms with E-state index in [4.69, 9.17) is 15.7 Å². The molecule has 1 fully saturated rings. The van der Waals surface area contributed by atoms with E-state index in [1.165, 1.54) is 43.4 Å². The van der Waals surface area contributed by atoms with Crippen LogP contribution in [0.15, 0.2) is 40.6 Å². The molecule has 4 N–H and O–H groups in total. The van der Waals surface area contributed by atoms with Crippen LogP contribution in [-0.4, -0.2) is 74.0 Å². The SMILES string of the molecule is C=N.CC(=N)ON1CCC(NC2CCCCC2)=C(C(=N)N2CC=Cc3cc(C4C=NN(C)C4)ccc32)C1. The Balaban J connectivity index is 0.00000156. The molecule has 5 rings (SSSR count). The quantitative estimate of drug-likeness (QED) is 0.346. The summed E-state index contributed by atoms with van der Waals surface area (Å²) in [5, 5.41) is 34.6. The summed E-state index contributed by atoms with van der Waals surface area (Å²) >= 11 is 0. The number of benzene rings is 1. The minimum atomic E-state index is 0.180. The zero-order valence-electron chi connectivity index (χ0n) is 22.1. The van der Waals surface area contributed by atoms with Crippen molar-refractivity contribution < 1.29 is 4.84 Å². The first-order valence-electron chi connectivity index (χ1n) is 13.2. The molecule has 1 aromatic carbocycles. The number of hydrogen-bond donors (Lipinski definition) is 4. The fraction of sp³-hybridized carbons (Fsp3) is 0.500. The minimum Gasteiger partial charge on any atom is -0.391 e. The summed E-state index contributed by atoms with van der Waals surface area (Å²) < 4.78 is 0. The molecule has 0 amide bonds. The second-order valence-corrected chi connectivity index (χ2v) is 10.1. The van der Waals surface area contributed by atoms with Crippen LogP contribution < -0.4 is 10.2 Å². The fourth-order valence-electron chi connectivity index (χ4n) is 5.59. The molecule has 0 spiro atoms. The van der Waals surface area contributed by atoms with Crippen molar-refractivity contribution in [3.63, 3.8) is 0 Å². The first kappa shape index (κ1) is 26.6. The van der Waals surface area contributed by atoms with Crippen LogP contribution in [0.25, 0.3) is 6.08 Å². The van der Waals surface area contributed by atoms with Crippen molar-refractivity contribution in [3.05, 3.63) is 46.7 Å². The number of amidine groups is 1. The standard InChI is InChI=1S/C27H37N7O.CH3N/c1-19(28)35-33-14-12-25(31-23-8-4-3-5-9-23)24(18-33)27(29)34-13-6-7-21-15-20(10-11-26(21)34)22-16-30-32(2)17-22;1-2/h6-7,10-11,15-16,22-23,28-29,31H,3-5,8-9,12-14,17-18H2,1-2H3;2H,1H2. The van der Waals surface area contributed by atoms with E-state index in [2.05, 4.69) is 52.4 Å². The number of likely N-dealkylation sites (N-methyl/N-ethyl adjacent to an activating group) is 1. The predicted molar refractivity (Wildman–Crippen MR) is 152 cm³/mol. The van der Waals surface area contributed by atoms with E-state index in [-0.39, 0.29) is 5.90 Å². The third-order valence-corrected chi connectivity index (χ3v) is 7.38. The fourth-order valence-corrected chi connectivity index (χ4v) is 5.59. The van der Waals surface area contributed by atoms with Crippen molar-refractivity contribution >= 4 is 36.4 Å². The van der Waals surface area contributed by atoms with E-state index < -0.39 is 0 Å². The molecule has 4 aliphatic rings. The molecule has 0 saturated heterocycles. The molecule has 0 bridgehead atoms. The van der Waals surface area contributed by atoms with E-state index in [0.29, 0.717) is 30.9 Å². The molecule has 3 aliphatic heterocycles. The zero-order valence-corrected chi connectivity index (χ0v) is 22.1. The molecule has 1 aliphatic carbocycles. The van der Waals surface area contributed by atoms with Crippen LogP contribution in [0.1, 0.15) is 62.5 Å². The molecule has 1 aromatic rings. The van der Waals surface area contributed by atoms with Crippen LogP contribution in [0.2, 0.25) is 0 Å². The lowest BCUT2D eigenvalue weighted by Crippen LogP contribution is -2.44. The molecule has 9 nitrogen and oxygen atoms in total. The maximum atomic E-state index is 9.31. The molecular formula is C28H40N8O. The van der Waals surface area contributed by atoms with Gasteiger partial charge in [-0.25, -0.2) is 0 Å². The molecule has 1 saturated carbocycles. The lowest BCUT2D eigenvalue weighted by Gasteiger charge is -2.36. The number of hydrogen-bond acceptors (Lipinski definition) is 8. The van der Waals surface area contributed by atoms with Gasteiger partial charge in [0.05, 0.1) is 6.54 Å². The number of hydroxylamine groups is 2. The number of fused-ring (bicyclic) bond motifs is 1. The largest absolute Gasteiger partial charge is 0.391 e. The van der Waals surface area contributed by atoms with Gasteiger partial charge in [0.25, 0.3) is 0 Å². The minimum absolute atomic E-state index is 0.180. The highest BCUT2D eigenvalue weighted by molar-refractivity contribution is 6.10. The van der Waals surface area contributed by atoms with Gasteiger partial charge in [0.2, 0.25) is 5.90 Å². The van der Waals surface area contributed by atoms with Gasteiger partial charge >= 0.3 is 0 Å². The molecule has 3 heterocycles. The highest BCUT2D eigenvalue weighted by Gasteiger charge is 2.30. The Bertz CT molecular complexity index is 1090. The van der Waals surface area contributed by atoms with Crippen LogP contribution in [0.5, 0.6) is 0 Å². The highest BCUT2D eigenvalue weighted by atomic mass is 16.7. The summed E-state index contributed by atoms with van der Waals surface area (Å²) in [4.78, 5) is 7.76. The Kier molecular flexibility index (Phi) is 8.76. The maximum Gasteiger partial charge on any atom is 0.203 e. The normalized spacial score (nSPS) is 21.8. The molecule has 198 valence electrons. The third-order valence-electron chi connectivity index (χ3n) is 7.38. The van der Waals surface area contributed by atoms with Gasteiger partial charge < -0.3 is 20.5 Å². The van der Waals surface area contributed by atoms with Gasteiger partial charge in [0.1, 0.15) is 5.84 Å². The van der Waals surface area contributed by atoms with Gasteiger partial charge in [-0.3, -0.25) is 15.8 Å². The van der Waals surface area contributed by atoms with Crippen molar-refractivity contribution in [3.8, 4) is 0 Å².